The maximum absolute atomic E-state index is 12.8. The summed E-state index contributed by atoms with van der Waals surface area (Å²) >= 11 is 0. The Kier molecular flexibility index (Phi) is 7.72. The van der Waals surface area contributed by atoms with E-state index in [-0.39, 0.29) is 12.3 Å². The molecule has 35 heavy (non-hydrogen) atoms. The molecule has 0 bridgehead atoms. The molecule has 0 atom stereocenters. The fourth-order valence-electron chi connectivity index (χ4n) is 3.88. The van der Waals surface area contributed by atoms with Gasteiger partial charge in [0, 0.05) is 44.1 Å². The molecule has 0 saturated carbocycles. The van der Waals surface area contributed by atoms with E-state index in [4.69, 9.17) is 9.47 Å². The van der Waals surface area contributed by atoms with Crippen molar-refractivity contribution >= 4 is 11.6 Å². The van der Waals surface area contributed by atoms with Gasteiger partial charge in [0.2, 0.25) is 5.91 Å². The fourth-order valence-corrected chi connectivity index (χ4v) is 3.88. The monoisotopic (exact) mass is 488 g/mol. The van der Waals surface area contributed by atoms with Crippen LogP contribution in [0.15, 0.2) is 54.7 Å². The average Bonchev–Trinajstić information content (AvgIpc) is 3.26. The van der Waals surface area contributed by atoms with Crippen LogP contribution in [0, 0.1) is 0 Å². The number of morpholine rings is 1. The molecule has 0 unspecified atom stereocenters. The van der Waals surface area contributed by atoms with E-state index in [1.807, 2.05) is 19.2 Å². The Labute approximate surface area is 201 Å². The van der Waals surface area contributed by atoms with Crippen LogP contribution in [-0.2, 0) is 29.2 Å². The standard InChI is InChI=1S/C25H27F3N4O3/c1-31-22(8-9-29-31)21-17-20(6-7-23(21)35-15-12-32-10-13-34-14-11-32)30-24(33)16-18-2-4-19(5-3-18)25(26,27)28/h2-9,17H,10-16H2,1H3,(H,30,33). The summed E-state index contributed by atoms with van der Waals surface area (Å²) in [6.45, 7) is 4.48. The first-order valence-electron chi connectivity index (χ1n) is 11.3. The van der Waals surface area contributed by atoms with Gasteiger partial charge in [-0.3, -0.25) is 14.4 Å². The number of carbonyl (C=O) groups excluding carboxylic acids is 1. The molecule has 1 aromatic heterocycles. The molecule has 2 aromatic carbocycles. The zero-order valence-electron chi connectivity index (χ0n) is 19.3. The summed E-state index contributed by atoms with van der Waals surface area (Å²) in [6.07, 6.45) is -2.77. The predicted molar refractivity (Wildman–Crippen MR) is 125 cm³/mol. The maximum Gasteiger partial charge on any atom is 0.416 e. The van der Waals surface area contributed by atoms with Gasteiger partial charge >= 0.3 is 6.18 Å². The molecule has 3 aromatic rings. The van der Waals surface area contributed by atoms with Crippen molar-refractivity contribution in [2.75, 3.05) is 44.8 Å². The van der Waals surface area contributed by atoms with Crippen molar-refractivity contribution < 1.29 is 27.4 Å². The Bertz CT molecular complexity index is 1140. The Hall–Kier alpha value is -3.37. The molecule has 1 fully saturated rings. The summed E-state index contributed by atoms with van der Waals surface area (Å²) in [7, 11) is 1.82. The lowest BCUT2D eigenvalue weighted by Gasteiger charge is -2.26. The summed E-state index contributed by atoms with van der Waals surface area (Å²) in [4.78, 5) is 14.8. The zero-order valence-corrected chi connectivity index (χ0v) is 19.3. The van der Waals surface area contributed by atoms with E-state index in [0.29, 0.717) is 23.6 Å². The van der Waals surface area contributed by atoms with Gasteiger partial charge < -0.3 is 14.8 Å². The number of halogens is 3. The molecule has 1 amide bonds. The molecule has 1 aliphatic rings. The van der Waals surface area contributed by atoms with Gasteiger partial charge in [0.1, 0.15) is 12.4 Å². The van der Waals surface area contributed by atoms with Crippen molar-refractivity contribution in [3.63, 3.8) is 0 Å². The molecule has 1 saturated heterocycles. The van der Waals surface area contributed by atoms with Crippen molar-refractivity contribution in [2.45, 2.75) is 12.6 Å². The predicted octanol–water partition coefficient (Wildman–Crippen LogP) is 4.00. The van der Waals surface area contributed by atoms with Crippen LogP contribution >= 0.6 is 0 Å². The Morgan fingerprint density at radius 3 is 2.51 bits per heavy atom. The number of ether oxygens (including phenoxy) is 2. The number of rotatable bonds is 8. The highest BCUT2D eigenvalue weighted by molar-refractivity contribution is 5.93. The van der Waals surface area contributed by atoms with Crippen LogP contribution in [0.5, 0.6) is 5.75 Å². The summed E-state index contributed by atoms with van der Waals surface area (Å²) in [5, 5.41) is 7.05. The quantitative estimate of drug-likeness (QED) is 0.519. The summed E-state index contributed by atoms with van der Waals surface area (Å²) in [6, 6.07) is 11.8. The number of hydrogen-bond donors (Lipinski definition) is 1. The van der Waals surface area contributed by atoms with Crippen LogP contribution in [0.1, 0.15) is 11.1 Å². The lowest BCUT2D eigenvalue weighted by atomic mass is 10.1. The highest BCUT2D eigenvalue weighted by Crippen LogP contribution is 2.33. The molecule has 0 radical (unpaired) electrons. The summed E-state index contributed by atoms with van der Waals surface area (Å²) in [5.41, 5.74) is 1.90. The lowest BCUT2D eigenvalue weighted by Crippen LogP contribution is -2.38. The summed E-state index contributed by atoms with van der Waals surface area (Å²) < 4.78 is 51.4. The smallest absolute Gasteiger partial charge is 0.416 e. The molecule has 1 aliphatic heterocycles. The van der Waals surface area contributed by atoms with Crippen molar-refractivity contribution in [3.05, 3.63) is 65.9 Å². The number of benzene rings is 2. The molecule has 10 heteroatoms. The third kappa shape index (κ3) is 6.61. The van der Waals surface area contributed by atoms with E-state index in [9.17, 15) is 18.0 Å². The highest BCUT2D eigenvalue weighted by Gasteiger charge is 2.30. The van der Waals surface area contributed by atoms with Crippen molar-refractivity contribution in [1.29, 1.82) is 0 Å². The molecule has 7 nitrogen and oxygen atoms in total. The molecule has 4 rings (SSSR count). The van der Waals surface area contributed by atoms with E-state index in [2.05, 4.69) is 15.3 Å². The molecule has 2 heterocycles. The van der Waals surface area contributed by atoms with Gasteiger partial charge in [-0.2, -0.15) is 18.3 Å². The summed E-state index contributed by atoms with van der Waals surface area (Å²) in [5.74, 6) is 0.337. The van der Waals surface area contributed by atoms with E-state index >= 15 is 0 Å². The molecular weight excluding hydrogens is 461 g/mol. The largest absolute Gasteiger partial charge is 0.492 e. The number of nitrogens with zero attached hydrogens (tertiary/aromatic N) is 3. The van der Waals surface area contributed by atoms with Crippen molar-refractivity contribution in [2.24, 2.45) is 7.05 Å². The Morgan fingerprint density at radius 1 is 1.11 bits per heavy atom. The third-order valence-electron chi connectivity index (χ3n) is 5.77. The van der Waals surface area contributed by atoms with Crippen LogP contribution < -0.4 is 10.1 Å². The second-order valence-electron chi connectivity index (χ2n) is 8.27. The van der Waals surface area contributed by atoms with Crippen molar-refractivity contribution in [1.82, 2.24) is 14.7 Å². The van der Waals surface area contributed by atoms with Crippen LogP contribution in [0.25, 0.3) is 11.3 Å². The van der Waals surface area contributed by atoms with Crippen LogP contribution in [0.3, 0.4) is 0 Å². The number of carbonyl (C=O) groups is 1. The third-order valence-corrected chi connectivity index (χ3v) is 5.77. The second kappa shape index (κ2) is 10.9. The number of amides is 1. The van der Waals surface area contributed by atoms with Gasteiger partial charge in [-0.05, 0) is 42.0 Å². The van der Waals surface area contributed by atoms with Gasteiger partial charge in [-0.25, -0.2) is 0 Å². The number of aromatic nitrogens is 2. The highest BCUT2D eigenvalue weighted by atomic mass is 19.4. The normalized spacial score (nSPS) is 14.6. The Balaban J connectivity index is 1.44. The van der Waals surface area contributed by atoms with E-state index < -0.39 is 11.7 Å². The number of nitrogens with one attached hydrogen (secondary N) is 1. The van der Waals surface area contributed by atoms with Crippen LogP contribution in [0.2, 0.25) is 0 Å². The van der Waals surface area contributed by atoms with Gasteiger partial charge in [0.05, 0.1) is 30.9 Å². The van der Waals surface area contributed by atoms with Gasteiger partial charge in [-0.1, -0.05) is 12.1 Å². The number of anilines is 1. The topological polar surface area (TPSA) is 68.6 Å². The van der Waals surface area contributed by atoms with Crippen LogP contribution in [0.4, 0.5) is 18.9 Å². The Morgan fingerprint density at radius 2 is 1.86 bits per heavy atom. The van der Waals surface area contributed by atoms with E-state index in [0.717, 1.165) is 56.2 Å². The molecule has 0 spiro atoms. The average molecular weight is 489 g/mol. The minimum absolute atomic E-state index is 0.0447. The molecule has 1 N–H and O–H groups in total. The molecule has 186 valence electrons. The fraction of sp³-hybridized carbons (Fsp3) is 0.360. The number of aryl methyl sites for hydroxylation is 1. The van der Waals surface area contributed by atoms with Gasteiger partial charge in [0.25, 0.3) is 0 Å². The van der Waals surface area contributed by atoms with Crippen molar-refractivity contribution in [3.8, 4) is 17.0 Å². The van der Waals surface area contributed by atoms with Gasteiger partial charge in [0.15, 0.2) is 0 Å². The second-order valence-corrected chi connectivity index (χ2v) is 8.27. The minimum atomic E-state index is -4.41. The SMILES string of the molecule is Cn1nccc1-c1cc(NC(=O)Cc2ccc(C(F)(F)F)cc2)ccc1OCCN1CCOCC1. The zero-order chi connectivity index (χ0) is 24.8. The lowest BCUT2D eigenvalue weighted by molar-refractivity contribution is -0.137. The number of hydrogen-bond acceptors (Lipinski definition) is 5. The van der Waals surface area contributed by atoms with E-state index in [1.165, 1.54) is 12.1 Å². The molecule has 0 aliphatic carbocycles. The van der Waals surface area contributed by atoms with E-state index in [1.54, 1.807) is 23.0 Å². The first kappa shape index (κ1) is 24.7. The number of alkyl halides is 3. The first-order chi connectivity index (χ1) is 16.8. The minimum Gasteiger partial charge on any atom is -0.492 e. The maximum atomic E-state index is 12.8. The first-order valence-corrected chi connectivity index (χ1v) is 11.3. The van der Waals surface area contributed by atoms with Crippen LogP contribution in [-0.4, -0.2) is 60.0 Å². The van der Waals surface area contributed by atoms with Gasteiger partial charge in [-0.15, -0.1) is 0 Å². The molecular formula is C25H27F3N4O3.